The van der Waals surface area contributed by atoms with E-state index in [1.54, 1.807) is 19.1 Å². The number of rotatable bonds is 7. The third kappa shape index (κ3) is 4.57. The molecule has 0 aliphatic rings. The van der Waals surface area contributed by atoms with Crippen molar-refractivity contribution >= 4 is 21.6 Å². The molecule has 0 aliphatic carbocycles. The van der Waals surface area contributed by atoms with E-state index in [2.05, 4.69) is 4.72 Å². The summed E-state index contributed by atoms with van der Waals surface area (Å²) < 4.78 is 31.7. The van der Waals surface area contributed by atoms with Gasteiger partial charge in [-0.1, -0.05) is 12.1 Å². The molecule has 1 aromatic carbocycles. The number of ether oxygens (including phenoxy) is 1. The highest BCUT2D eigenvalue weighted by Crippen LogP contribution is 2.16. The average molecular weight is 292 g/mol. The normalized spacial score (nSPS) is 11.7. The van der Waals surface area contributed by atoms with Crippen molar-refractivity contribution in [3.8, 4) is 0 Å². The zero-order chi connectivity index (χ0) is 13.6. The second kappa shape index (κ2) is 7.09. The van der Waals surface area contributed by atoms with Gasteiger partial charge in [0.1, 0.15) is 0 Å². The Labute approximate surface area is 113 Å². The molecule has 0 radical (unpaired) electrons. The Kier molecular flexibility index (Phi) is 6.08. The summed E-state index contributed by atoms with van der Waals surface area (Å²) in [7, 11) is -3.46. The van der Waals surface area contributed by atoms with Crippen molar-refractivity contribution in [1.29, 1.82) is 0 Å². The van der Waals surface area contributed by atoms with Crippen LogP contribution in [-0.2, 0) is 14.8 Å². The predicted octanol–water partition coefficient (Wildman–Crippen LogP) is 1.84. The molecule has 0 atom stereocenters. The molecule has 0 bridgehead atoms. The van der Waals surface area contributed by atoms with E-state index in [1.807, 2.05) is 13.0 Å². The molecule has 0 saturated heterocycles. The van der Waals surface area contributed by atoms with Gasteiger partial charge in [0, 0.05) is 12.4 Å². The van der Waals surface area contributed by atoms with Gasteiger partial charge in [-0.25, -0.2) is 13.1 Å². The number of sulfonamides is 1. The number of nitrogens with one attached hydrogen (secondary N) is 1. The minimum absolute atomic E-state index is 0.243. The fraction of sp³-hybridized carbons (Fsp3) is 0.500. The topological polar surface area (TPSA) is 55.4 Å². The molecule has 4 nitrogen and oxygen atoms in total. The van der Waals surface area contributed by atoms with Crippen molar-refractivity contribution in [1.82, 2.24) is 4.72 Å². The van der Waals surface area contributed by atoms with Crippen LogP contribution < -0.4 is 4.72 Å². The summed E-state index contributed by atoms with van der Waals surface area (Å²) in [4.78, 5) is 0.319. The smallest absolute Gasteiger partial charge is 0.240 e. The first-order valence-electron chi connectivity index (χ1n) is 5.68. The van der Waals surface area contributed by atoms with Crippen LogP contribution in [0.5, 0.6) is 0 Å². The summed E-state index contributed by atoms with van der Waals surface area (Å²) in [5, 5.41) is 0. The standard InChI is InChI=1S/C12H18ClNO3S/c1-10-3-4-11(2)12(9-10)18(15,16)14-6-8-17-7-5-13/h3-4,9,14H,5-8H2,1-2H3. The maximum Gasteiger partial charge on any atom is 0.240 e. The SMILES string of the molecule is Cc1ccc(C)c(S(=O)(=O)NCCOCCCl)c1. The number of halogens is 1. The number of hydrogen-bond donors (Lipinski definition) is 1. The Balaban J connectivity index is 2.66. The average Bonchev–Trinajstić information content (AvgIpc) is 2.32. The molecule has 0 unspecified atom stereocenters. The molecule has 0 saturated carbocycles. The molecule has 0 heterocycles. The van der Waals surface area contributed by atoms with Gasteiger partial charge in [0.25, 0.3) is 0 Å². The third-order valence-corrected chi connectivity index (χ3v) is 4.15. The maximum absolute atomic E-state index is 12.0. The number of benzene rings is 1. The van der Waals surface area contributed by atoms with E-state index >= 15 is 0 Å². The molecule has 0 amide bonds. The van der Waals surface area contributed by atoms with Gasteiger partial charge in [0.15, 0.2) is 0 Å². The van der Waals surface area contributed by atoms with Crippen molar-refractivity contribution < 1.29 is 13.2 Å². The van der Waals surface area contributed by atoms with Gasteiger partial charge in [-0.2, -0.15) is 0 Å². The number of hydrogen-bond acceptors (Lipinski definition) is 3. The monoisotopic (exact) mass is 291 g/mol. The van der Waals surface area contributed by atoms with Gasteiger partial charge >= 0.3 is 0 Å². The lowest BCUT2D eigenvalue weighted by Gasteiger charge is -2.10. The first-order valence-corrected chi connectivity index (χ1v) is 7.70. The predicted molar refractivity (Wildman–Crippen MR) is 72.6 cm³/mol. The highest BCUT2D eigenvalue weighted by atomic mass is 35.5. The van der Waals surface area contributed by atoms with Crippen LogP contribution >= 0.6 is 11.6 Å². The Morgan fingerprint density at radius 3 is 2.67 bits per heavy atom. The van der Waals surface area contributed by atoms with Gasteiger partial charge in [-0.3, -0.25) is 0 Å². The molecular formula is C12H18ClNO3S. The van der Waals surface area contributed by atoms with Crippen molar-refractivity contribution in [3.05, 3.63) is 29.3 Å². The summed E-state index contributed by atoms with van der Waals surface area (Å²) in [6.45, 7) is 4.62. The lowest BCUT2D eigenvalue weighted by atomic mass is 10.2. The van der Waals surface area contributed by atoms with E-state index in [0.29, 0.717) is 24.0 Å². The largest absolute Gasteiger partial charge is 0.379 e. The van der Waals surface area contributed by atoms with Gasteiger partial charge in [0.2, 0.25) is 10.0 Å². The second-order valence-electron chi connectivity index (χ2n) is 3.97. The van der Waals surface area contributed by atoms with Crippen molar-refractivity contribution in [2.45, 2.75) is 18.7 Å². The van der Waals surface area contributed by atoms with Crippen molar-refractivity contribution in [2.24, 2.45) is 0 Å². The molecule has 1 aromatic rings. The third-order valence-electron chi connectivity index (χ3n) is 2.39. The summed E-state index contributed by atoms with van der Waals surface area (Å²) in [6.07, 6.45) is 0. The van der Waals surface area contributed by atoms with Gasteiger partial charge < -0.3 is 4.74 Å². The molecular weight excluding hydrogens is 274 g/mol. The van der Waals surface area contributed by atoms with E-state index in [-0.39, 0.29) is 6.54 Å². The van der Waals surface area contributed by atoms with Crippen LogP contribution in [-0.4, -0.2) is 34.1 Å². The molecule has 18 heavy (non-hydrogen) atoms. The van der Waals surface area contributed by atoms with Crippen LogP contribution in [0.2, 0.25) is 0 Å². The molecule has 6 heteroatoms. The second-order valence-corrected chi connectivity index (χ2v) is 6.08. The van der Waals surface area contributed by atoms with Crippen LogP contribution in [0.15, 0.2) is 23.1 Å². The zero-order valence-electron chi connectivity index (χ0n) is 10.6. The lowest BCUT2D eigenvalue weighted by molar-refractivity contribution is 0.155. The van der Waals surface area contributed by atoms with E-state index in [9.17, 15) is 8.42 Å². The molecule has 0 spiro atoms. The molecule has 0 aliphatic heterocycles. The van der Waals surface area contributed by atoms with Crippen LogP contribution in [0.1, 0.15) is 11.1 Å². The van der Waals surface area contributed by atoms with Crippen LogP contribution in [0.4, 0.5) is 0 Å². The summed E-state index contributed by atoms with van der Waals surface area (Å²) in [5.41, 5.74) is 1.65. The van der Waals surface area contributed by atoms with E-state index in [4.69, 9.17) is 16.3 Å². The van der Waals surface area contributed by atoms with Gasteiger partial charge in [-0.05, 0) is 31.0 Å². The first-order chi connectivity index (χ1) is 8.47. The fourth-order valence-corrected chi connectivity index (χ4v) is 2.93. The number of alkyl halides is 1. The summed E-state index contributed by atoms with van der Waals surface area (Å²) >= 11 is 5.44. The van der Waals surface area contributed by atoms with Crippen LogP contribution in [0.25, 0.3) is 0 Å². The Morgan fingerprint density at radius 1 is 1.28 bits per heavy atom. The first kappa shape index (κ1) is 15.4. The van der Waals surface area contributed by atoms with Gasteiger partial charge in [-0.15, -0.1) is 11.6 Å². The highest BCUT2D eigenvalue weighted by molar-refractivity contribution is 7.89. The van der Waals surface area contributed by atoms with Crippen LogP contribution in [0, 0.1) is 13.8 Å². The van der Waals surface area contributed by atoms with E-state index in [0.717, 1.165) is 11.1 Å². The quantitative estimate of drug-likeness (QED) is 0.616. The minimum atomic E-state index is -3.46. The molecule has 1 N–H and O–H groups in total. The highest BCUT2D eigenvalue weighted by Gasteiger charge is 2.15. The molecule has 0 fully saturated rings. The Hall–Kier alpha value is -0.620. The summed E-state index contributed by atoms with van der Waals surface area (Å²) in [6, 6.07) is 5.35. The fourth-order valence-electron chi connectivity index (χ4n) is 1.48. The molecule has 0 aromatic heterocycles. The summed E-state index contributed by atoms with van der Waals surface area (Å²) in [5.74, 6) is 0.406. The lowest BCUT2D eigenvalue weighted by Crippen LogP contribution is -2.28. The van der Waals surface area contributed by atoms with Crippen molar-refractivity contribution in [2.75, 3.05) is 25.6 Å². The Morgan fingerprint density at radius 2 is 2.00 bits per heavy atom. The molecule has 1 rings (SSSR count). The number of aryl methyl sites for hydroxylation is 2. The van der Waals surface area contributed by atoms with E-state index < -0.39 is 10.0 Å². The Bertz CT molecular complexity index is 488. The van der Waals surface area contributed by atoms with Crippen LogP contribution in [0.3, 0.4) is 0 Å². The van der Waals surface area contributed by atoms with Gasteiger partial charge in [0.05, 0.1) is 18.1 Å². The maximum atomic E-state index is 12.0. The zero-order valence-corrected chi connectivity index (χ0v) is 12.1. The molecule has 102 valence electrons. The minimum Gasteiger partial charge on any atom is -0.379 e. The van der Waals surface area contributed by atoms with E-state index in [1.165, 1.54) is 0 Å². The van der Waals surface area contributed by atoms with Crippen molar-refractivity contribution in [3.63, 3.8) is 0 Å².